The van der Waals surface area contributed by atoms with Gasteiger partial charge in [0.15, 0.2) is 0 Å². The van der Waals surface area contributed by atoms with E-state index in [4.69, 9.17) is 5.11 Å². The number of aliphatic hydroxyl groups is 1. The second-order valence-electron chi connectivity index (χ2n) is 5.84. The molecule has 0 fully saturated rings. The molecule has 0 radical (unpaired) electrons. The van der Waals surface area contributed by atoms with Gasteiger partial charge in [-0.3, -0.25) is 0 Å². The Morgan fingerprint density at radius 3 is 2.16 bits per heavy atom. The summed E-state index contributed by atoms with van der Waals surface area (Å²) in [6.07, 6.45) is 3.66. The van der Waals surface area contributed by atoms with Gasteiger partial charge in [0, 0.05) is 37.6 Å². The van der Waals surface area contributed by atoms with E-state index >= 15 is 0 Å². The summed E-state index contributed by atoms with van der Waals surface area (Å²) >= 11 is 0. The fourth-order valence-electron chi connectivity index (χ4n) is 2.50. The fraction of sp³-hybridized carbons (Fsp3) is 0.200. The Hall–Kier alpha value is -2.76. The van der Waals surface area contributed by atoms with Crippen molar-refractivity contribution in [1.29, 1.82) is 0 Å². The predicted molar refractivity (Wildman–Crippen MR) is 98.7 cm³/mol. The molecule has 0 saturated heterocycles. The number of anilines is 1. The minimum absolute atomic E-state index is 0.0686. The van der Waals surface area contributed by atoms with E-state index in [0.717, 1.165) is 23.2 Å². The highest BCUT2D eigenvalue weighted by molar-refractivity contribution is 5.28. The van der Waals surface area contributed by atoms with Crippen molar-refractivity contribution < 1.29 is 5.11 Å². The van der Waals surface area contributed by atoms with Gasteiger partial charge in [-0.05, 0) is 16.7 Å². The number of aromatic nitrogens is 2. The molecule has 1 aromatic heterocycles. The Kier molecular flexibility index (Phi) is 6.09. The molecule has 0 spiro atoms. The van der Waals surface area contributed by atoms with E-state index in [0.29, 0.717) is 19.0 Å². The minimum atomic E-state index is 0.0686. The molecule has 0 saturated carbocycles. The number of nitrogens with zero attached hydrogens (tertiary/aromatic N) is 2. The highest BCUT2D eigenvalue weighted by atomic mass is 16.3. The molecule has 5 nitrogen and oxygen atoms in total. The Balaban J connectivity index is 1.45. The van der Waals surface area contributed by atoms with E-state index in [1.54, 1.807) is 0 Å². The van der Waals surface area contributed by atoms with Crippen molar-refractivity contribution in [2.24, 2.45) is 0 Å². The summed E-state index contributed by atoms with van der Waals surface area (Å²) in [5.41, 5.74) is 4.30. The van der Waals surface area contributed by atoms with Gasteiger partial charge >= 0.3 is 0 Å². The van der Waals surface area contributed by atoms with Gasteiger partial charge in [0.25, 0.3) is 0 Å². The topological polar surface area (TPSA) is 70.1 Å². The van der Waals surface area contributed by atoms with Gasteiger partial charge < -0.3 is 15.7 Å². The molecule has 0 aliphatic rings. The maximum absolute atomic E-state index is 9.17. The molecule has 0 aliphatic heterocycles. The van der Waals surface area contributed by atoms with Gasteiger partial charge in [-0.15, -0.1) is 0 Å². The second-order valence-corrected chi connectivity index (χ2v) is 5.84. The third kappa shape index (κ3) is 5.38. The average Bonchev–Trinajstić information content (AvgIpc) is 2.68. The zero-order valence-corrected chi connectivity index (χ0v) is 14.0. The molecular formula is C20H22N4O. The summed E-state index contributed by atoms with van der Waals surface area (Å²) < 4.78 is 0. The lowest BCUT2D eigenvalue weighted by Gasteiger charge is -2.08. The SMILES string of the molecule is OCc1cccc(CNCc2cnc(NCc3ccccc3)nc2)c1. The lowest BCUT2D eigenvalue weighted by atomic mass is 10.1. The van der Waals surface area contributed by atoms with Gasteiger partial charge in [0.05, 0.1) is 6.61 Å². The van der Waals surface area contributed by atoms with Crippen LogP contribution in [0.4, 0.5) is 5.95 Å². The van der Waals surface area contributed by atoms with Crippen molar-refractivity contribution in [3.05, 3.63) is 89.2 Å². The average molecular weight is 334 g/mol. The summed E-state index contributed by atoms with van der Waals surface area (Å²) in [6.45, 7) is 2.21. The van der Waals surface area contributed by atoms with Crippen LogP contribution in [0, 0.1) is 0 Å². The summed E-state index contributed by atoms with van der Waals surface area (Å²) in [6, 6.07) is 18.1. The molecule has 0 unspecified atom stereocenters. The van der Waals surface area contributed by atoms with Gasteiger partial charge in [-0.25, -0.2) is 9.97 Å². The van der Waals surface area contributed by atoms with Crippen molar-refractivity contribution in [3.8, 4) is 0 Å². The van der Waals surface area contributed by atoms with E-state index < -0.39 is 0 Å². The van der Waals surface area contributed by atoms with Crippen LogP contribution in [0.5, 0.6) is 0 Å². The Morgan fingerprint density at radius 2 is 1.40 bits per heavy atom. The van der Waals surface area contributed by atoms with Crippen LogP contribution in [0.3, 0.4) is 0 Å². The quantitative estimate of drug-likeness (QED) is 0.591. The smallest absolute Gasteiger partial charge is 0.222 e. The largest absolute Gasteiger partial charge is 0.392 e. The number of rotatable bonds is 8. The second kappa shape index (κ2) is 8.92. The Bertz CT molecular complexity index is 775. The molecule has 3 rings (SSSR count). The summed E-state index contributed by atoms with van der Waals surface area (Å²) in [7, 11) is 0. The number of benzene rings is 2. The molecule has 5 heteroatoms. The van der Waals surface area contributed by atoms with Crippen molar-refractivity contribution in [3.63, 3.8) is 0 Å². The van der Waals surface area contributed by atoms with Crippen LogP contribution in [0.15, 0.2) is 67.0 Å². The third-order valence-electron chi connectivity index (χ3n) is 3.83. The molecule has 0 bridgehead atoms. The van der Waals surface area contributed by atoms with Crippen molar-refractivity contribution >= 4 is 5.95 Å². The summed E-state index contributed by atoms with van der Waals surface area (Å²) in [4.78, 5) is 8.70. The number of hydrogen-bond acceptors (Lipinski definition) is 5. The number of nitrogens with one attached hydrogen (secondary N) is 2. The van der Waals surface area contributed by atoms with Crippen LogP contribution in [-0.4, -0.2) is 15.1 Å². The number of hydrogen-bond donors (Lipinski definition) is 3. The standard InChI is InChI=1S/C20H22N4O/c25-15-18-8-4-7-17(9-18)10-21-11-19-13-23-20(24-14-19)22-12-16-5-2-1-3-6-16/h1-9,13-14,21,25H,10-12,15H2,(H,22,23,24). The first-order chi connectivity index (χ1) is 12.3. The molecule has 25 heavy (non-hydrogen) atoms. The zero-order valence-electron chi connectivity index (χ0n) is 14.0. The summed E-state index contributed by atoms with van der Waals surface area (Å²) in [5, 5.41) is 15.7. The van der Waals surface area contributed by atoms with Crippen LogP contribution in [-0.2, 0) is 26.2 Å². The van der Waals surface area contributed by atoms with Crippen molar-refractivity contribution in [1.82, 2.24) is 15.3 Å². The molecular weight excluding hydrogens is 312 g/mol. The zero-order chi connectivity index (χ0) is 17.3. The van der Waals surface area contributed by atoms with Crippen LogP contribution in [0.1, 0.15) is 22.3 Å². The van der Waals surface area contributed by atoms with Crippen molar-refractivity contribution in [2.75, 3.05) is 5.32 Å². The molecule has 3 aromatic rings. The maximum Gasteiger partial charge on any atom is 0.222 e. The minimum Gasteiger partial charge on any atom is -0.392 e. The van der Waals surface area contributed by atoms with E-state index in [9.17, 15) is 0 Å². The monoisotopic (exact) mass is 334 g/mol. The van der Waals surface area contributed by atoms with Crippen LogP contribution in [0.2, 0.25) is 0 Å². The predicted octanol–water partition coefficient (Wildman–Crippen LogP) is 2.87. The van der Waals surface area contributed by atoms with Gasteiger partial charge in [-0.2, -0.15) is 0 Å². The molecule has 1 heterocycles. The van der Waals surface area contributed by atoms with Crippen molar-refractivity contribution in [2.45, 2.75) is 26.2 Å². The Morgan fingerprint density at radius 1 is 0.720 bits per heavy atom. The first kappa shape index (κ1) is 17.1. The highest BCUT2D eigenvalue weighted by Crippen LogP contribution is 2.07. The van der Waals surface area contributed by atoms with Crippen LogP contribution < -0.4 is 10.6 Å². The van der Waals surface area contributed by atoms with Crippen LogP contribution in [0.25, 0.3) is 0 Å². The van der Waals surface area contributed by atoms with Gasteiger partial charge in [-0.1, -0.05) is 54.6 Å². The Labute approximate surface area is 147 Å². The first-order valence-electron chi connectivity index (χ1n) is 8.31. The molecule has 128 valence electrons. The normalized spacial score (nSPS) is 10.6. The first-order valence-corrected chi connectivity index (χ1v) is 8.31. The van der Waals surface area contributed by atoms with Gasteiger partial charge in [0.1, 0.15) is 0 Å². The molecule has 0 amide bonds. The number of aliphatic hydroxyl groups excluding tert-OH is 1. The van der Waals surface area contributed by atoms with E-state index in [-0.39, 0.29) is 6.61 Å². The van der Waals surface area contributed by atoms with E-state index in [2.05, 4.69) is 32.7 Å². The lowest BCUT2D eigenvalue weighted by Crippen LogP contribution is -2.13. The summed E-state index contributed by atoms with van der Waals surface area (Å²) in [5.74, 6) is 0.628. The molecule has 0 aliphatic carbocycles. The molecule has 3 N–H and O–H groups in total. The molecule has 0 atom stereocenters. The van der Waals surface area contributed by atoms with Gasteiger partial charge in [0.2, 0.25) is 5.95 Å². The highest BCUT2D eigenvalue weighted by Gasteiger charge is 1.99. The molecule has 2 aromatic carbocycles. The third-order valence-corrected chi connectivity index (χ3v) is 3.83. The van der Waals surface area contributed by atoms with E-state index in [1.807, 2.05) is 54.9 Å². The fourth-order valence-corrected chi connectivity index (χ4v) is 2.50. The van der Waals surface area contributed by atoms with E-state index in [1.165, 1.54) is 5.56 Å². The maximum atomic E-state index is 9.17. The lowest BCUT2D eigenvalue weighted by molar-refractivity contribution is 0.281. The van der Waals surface area contributed by atoms with Crippen LogP contribution >= 0.6 is 0 Å².